The fourth-order valence-electron chi connectivity index (χ4n) is 1.90. The molecule has 0 radical (unpaired) electrons. The van der Waals surface area contributed by atoms with E-state index in [0.29, 0.717) is 11.6 Å². The monoisotopic (exact) mass is 284 g/mol. The van der Waals surface area contributed by atoms with Gasteiger partial charge in [-0.1, -0.05) is 30.3 Å². The van der Waals surface area contributed by atoms with Crippen LogP contribution in [0.2, 0.25) is 0 Å². The summed E-state index contributed by atoms with van der Waals surface area (Å²) < 4.78 is 24.9. The third-order valence-electron chi connectivity index (χ3n) is 2.95. The molecular weight excluding hydrogens is 271 g/mol. The average Bonchev–Trinajstić information content (AvgIpc) is 2.98. The van der Waals surface area contributed by atoms with Crippen molar-refractivity contribution in [3.8, 4) is 17.2 Å². The molecule has 0 saturated heterocycles. The van der Waals surface area contributed by atoms with Crippen LogP contribution in [0.3, 0.4) is 0 Å². The highest BCUT2D eigenvalue weighted by atomic mass is 19.1. The highest BCUT2D eigenvalue weighted by molar-refractivity contribution is 5.53. The highest BCUT2D eigenvalue weighted by Crippen LogP contribution is 2.25. The zero-order valence-corrected chi connectivity index (χ0v) is 11.4. The summed E-state index contributed by atoms with van der Waals surface area (Å²) >= 11 is 0. The maximum atomic E-state index is 13.7. The third kappa shape index (κ3) is 2.91. The summed E-state index contributed by atoms with van der Waals surface area (Å²) in [6.45, 7) is 1.80. The Morgan fingerprint density at radius 3 is 2.48 bits per heavy atom. The molecule has 106 valence electrons. The van der Waals surface area contributed by atoms with Gasteiger partial charge in [0.1, 0.15) is 11.6 Å². The van der Waals surface area contributed by atoms with Crippen molar-refractivity contribution < 1.29 is 13.5 Å². The third-order valence-corrected chi connectivity index (χ3v) is 2.95. The number of halogens is 1. The lowest BCUT2D eigenvalue weighted by Crippen LogP contribution is -2.03. The Kier molecular flexibility index (Phi) is 3.64. The largest absolute Gasteiger partial charge is 0.481 e. The molecule has 1 heterocycles. The Balaban J connectivity index is 1.80. The minimum atomic E-state index is -0.416. The van der Waals surface area contributed by atoms with E-state index in [4.69, 9.17) is 9.15 Å². The fraction of sp³-hybridized carbons (Fsp3) is 0.125. The molecule has 21 heavy (non-hydrogen) atoms. The minimum Gasteiger partial charge on any atom is -0.481 e. The molecule has 0 amide bonds. The number of ether oxygens (including phenoxy) is 1. The Hall–Kier alpha value is -2.69. The molecule has 0 N–H and O–H groups in total. The molecule has 5 heteroatoms. The molecule has 4 nitrogen and oxygen atoms in total. The number of aromatic nitrogens is 2. The van der Waals surface area contributed by atoms with Gasteiger partial charge in [0, 0.05) is 0 Å². The number of hydrogen-bond acceptors (Lipinski definition) is 4. The van der Waals surface area contributed by atoms with E-state index < -0.39 is 11.9 Å². The summed E-state index contributed by atoms with van der Waals surface area (Å²) in [5.41, 5.74) is 0.281. The van der Waals surface area contributed by atoms with Crippen LogP contribution in [-0.4, -0.2) is 10.2 Å². The van der Waals surface area contributed by atoms with Gasteiger partial charge in [-0.3, -0.25) is 0 Å². The zero-order chi connectivity index (χ0) is 14.7. The molecule has 3 aromatic rings. The van der Waals surface area contributed by atoms with Crippen molar-refractivity contribution in [1.82, 2.24) is 10.2 Å². The predicted octanol–water partition coefficient (Wildman–Crippen LogP) is 4.02. The van der Waals surface area contributed by atoms with E-state index in [1.807, 2.05) is 30.3 Å². The van der Waals surface area contributed by atoms with Crippen LogP contribution in [0.15, 0.2) is 59.0 Å². The van der Waals surface area contributed by atoms with E-state index in [1.54, 1.807) is 25.1 Å². The first-order valence-electron chi connectivity index (χ1n) is 6.54. The van der Waals surface area contributed by atoms with E-state index >= 15 is 0 Å². The molecule has 0 saturated carbocycles. The predicted molar refractivity (Wildman–Crippen MR) is 75.2 cm³/mol. The van der Waals surface area contributed by atoms with Crippen LogP contribution in [-0.2, 0) is 0 Å². The molecular formula is C16H13FN2O2. The van der Waals surface area contributed by atoms with Gasteiger partial charge in [-0.15, -0.1) is 10.2 Å². The average molecular weight is 284 g/mol. The smallest absolute Gasteiger partial charge is 0.257 e. The van der Waals surface area contributed by atoms with Gasteiger partial charge in [0.2, 0.25) is 0 Å². The Labute approximate surface area is 121 Å². The molecule has 0 bridgehead atoms. The lowest BCUT2D eigenvalue weighted by molar-refractivity contribution is 0.189. The van der Waals surface area contributed by atoms with Crippen LogP contribution in [0, 0.1) is 5.82 Å². The molecule has 3 rings (SSSR count). The van der Waals surface area contributed by atoms with Crippen LogP contribution in [0.25, 0.3) is 11.5 Å². The first kappa shape index (κ1) is 13.3. The maximum absolute atomic E-state index is 13.7. The lowest BCUT2D eigenvalue weighted by Gasteiger charge is -2.10. The molecule has 1 unspecified atom stereocenters. The van der Waals surface area contributed by atoms with Gasteiger partial charge in [0.05, 0.1) is 5.56 Å². The van der Waals surface area contributed by atoms with Crippen LogP contribution < -0.4 is 4.74 Å². The lowest BCUT2D eigenvalue weighted by atomic mass is 10.2. The molecule has 0 aliphatic rings. The second kappa shape index (κ2) is 5.75. The normalized spacial score (nSPS) is 12.1. The van der Waals surface area contributed by atoms with Gasteiger partial charge in [0.25, 0.3) is 11.8 Å². The first-order chi connectivity index (χ1) is 10.2. The van der Waals surface area contributed by atoms with E-state index in [9.17, 15) is 4.39 Å². The van der Waals surface area contributed by atoms with Crippen LogP contribution in [0.4, 0.5) is 4.39 Å². The van der Waals surface area contributed by atoms with Gasteiger partial charge in [-0.05, 0) is 31.2 Å². The van der Waals surface area contributed by atoms with Crippen molar-refractivity contribution in [3.05, 3.63) is 66.3 Å². The number of nitrogens with zero attached hydrogens (tertiary/aromatic N) is 2. The molecule has 1 aromatic heterocycles. The first-order valence-corrected chi connectivity index (χ1v) is 6.54. The van der Waals surface area contributed by atoms with E-state index in [-0.39, 0.29) is 11.5 Å². The summed E-state index contributed by atoms with van der Waals surface area (Å²) in [7, 11) is 0. The van der Waals surface area contributed by atoms with Crippen molar-refractivity contribution in [1.29, 1.82) is 0 Å². The number of benzene rings is 2. The van der Waals surface area contributed by atoms with Crippen molar-refractivity contribution >= 4 is 0 Å². The minimum absolute atomic E-state index is 0.145. The van der Waals surface area contributed by atoms with Crippen molar-refractivity contribution in [2.24, 2.45) is 0 Å². The van der Waals surface area contributed by atoms with Crippen molar-refractivity contribution in [2.75, 3.05) is 0 Å². The summed E-state index contributed by atoms with van der Waals surface area (Å²) in [5.74, 6) is 0.753. The standard InChI is InChI=1S/C16H13FN2O2/c1-11(20-12-7-3-2-4-8-12)15-18-19-16(21-15)13-9-5-6-10-14(13)17/h2-11H,1H3. The van der Waals surface area contributed by atoms with Crippen LogP contribution >= 0.6 is 0 Å². The molecule has 0 aliphatic heterocycles. The van der Waals surface area contributed by atoms with Crippen LogP contribution in [0.5, 0.6) is 5.75 Å². The van der Waals surface area contributed by atoms with E-state index in [0.717, 1.165) is 0 Å². The Morgan fingerprint density at radius 1 is 1.00 bits per heavy atom. The van der Waals surface area contributed by atoms with E-state index in [2.05, 4.69) is 10.2 Å². The number of rotatable bonds is 4. The molecule has 0 spiro atoms. The van der Waals surface area contributed by atoms with Gasteiger partial charge in [-0.2, -0.15) is 0 Å². The highest BCUT2D eigenvalue weighted by Gasteiger charge is 2.18. The SMILES string of the molecule is CC(Oc1ccccc1)c1nnc(-c2ccccc2F)o1. The summed E-state index contributed by atoms with van der Waals surface area (Å²) in [4.78, 5) is 0. The number of para-hydroxylation sites is 1. The number of hydrogen-bond donors (Lipinski definition) is 0. The van der Waals surface area contributed by atoms with Crippen LogP contribution in [0.1, 0.15) is 18.9 Å². The van der Waals surface area contributed by atoms with Crippen molar-refractivity contribution in [2.45, 2.75) is 13.0 Å². The van der Waals surface area contributed by atoms with Gasteiger partial charge in [0.15, 0.2) is 6.10 Å². The fourth-order valence-corrected chi connectivity index (χ4v) is 1.90. The molecule has 2 aromatic carbocycles. The topological polar surface area (TPSA) is 48.2 Å². The van der Waals surface area contributed by atoms with Crippen molar-refractivity contribution in [3.63, 3.8) is 0 Å². The molecule has 0 fully saturated rings. The van der Waals surface area contributed by atoms with E-state index in [1.165, 1.54) is 6.07 Å². The zero-order valence-electron chi connectivity index (χ0n) is 11.4. The summed E-state index contributed by atoms with van der Waals surface area (Å²) in [5, 5.41) is 7.79. The molecule has 0 aliphatic carbocycles. The second-order valence-corrected chi connectivity index (χ2v) is 4.50. The summed E-state index contributed by atoms with van der Waals surface area (Å²) in [6.07, 6.45) is -0.416. The Morgan fingerprint density at radius 2 is 1.71 bits per heavy atom. The van der Waals surface area contributed by atoms with Gasteiger partial charge < -0.3 is 9.15 Å². The summed E-state index contributed by atoms with van der Waals surface area (Å²) in [6, 6.07) is 15.6. The second-order valence-electron chi connectivity index (χ2n) is 4.50. The molecule has 1 atom stereocenters. The Bertz CT molecular complexity index is 728. The van der Waals surface area contributed by atoms with Gasteiger partial charge >= 0.3 is 0 Å². The van der Waals surface area contributed by atoms with Gasteiger partial charge in [-0.25, -0.2) is 4.39 Å². The maximum Gasteiger partial charge on any atom is 0.257 e. The quantitative estimate of drug-likeness (QED) is 0.726.